The van der Waals surface area contributed by atoms with Gasteiger partial charge in [0.25, 0.3) is 0 Å². The summed E-state index contributed by atoms with van der Waals surface area (Å²) in [5.74, 6) is 0.518. The molecule has 0 saturated heterocycles. The molecule has 0 aliphatic carbocycles. The highest BCUT2D eigenvalue weighted by Crippen LogP contribution is 2.15. The van der Waals surface area contributed by atoms with Crippen molar-refractivity contribution < 1.29 is 9.53 Å². The first-order valence-electron chi connectivity index (χ1n) is 3.90. The number of pyridine rings is 1. The van der Waals surface area contributed by atoms with E-state index >= 15 is 0 Å². The van der Waals surface area contributed by atoms with Gasteiger partial charge in [0.1, 0.15) is 5.75 Å². The fourth-order valence-corrected chi connectivity index (χ4v) is 0.952. The standard InChI is InChI=1S/C9H12N2O2/c1-6(12)9(10)7-3-8(13-2)5-11-4-7/h3-5,9H,10H2,1-2H3. The van der Waals surface area contributed by atoms with Gasteiger partial charge in [-0.15, -0.1) is 0 Å². The molecule has 0 aliphatic heterocycles. The zero-order chi connectivity index (χ0) is 9.84. The Balaban J connectivity index is 2.94. The molecular formula is C9H12N2O2. The van der Waals surface area contributed by atoms with Crippen molar-refractivity contribution in [3.8, 4) is 5.75 Å². The van der Waals surface area contributed by atoms with Crippen molar-refractivity contribution in [2.24, 2.45) is 5.73 Å². The lowest BCUT2D eigenvalue weighted by Crippen LogP contribution is -2.18. The van der Waals surface area contributed by atoms with Gasteiger partial charge in [0.2, 0.25) is 0 Å². The van der Waals surface area contributed by atoms with Crippen LogP contribution in [0.3, 0.4) is 0 Å². The molecule has 1 atom stereocenters. The van der Waals surface area contributed by atoms with Gasteiger partial charge in [-0.1, -0.05) is 0 Å². The third-order valence-electron chi connectivity index (χ3n) is 1.77. The monoisotopic (exact) mass is 180 g/mol. The second-order valence-corrected chi connectivity index (χ2v) is 2.75. The lowest BCUT2D eigenvalue weighted by atomic mass is 10.1. The Hall–Kier alpha value is -1.42. The van der Waals surface area contributed by atoms with E-state index in [1.807, 2.05) is 0 Å². The molecule has 4 nitrogen and oxygen atoms in total. The zero-order valence-corrected chi connectivity index (χ0v) is 7.65. The van der Waals surface area contributed by atoms with Crippen LogP contribution < -0.4 is 10.5 Å². The van der Waals surface area contributed by atoms with E-state index in [0.29, 0.717) is 11.3 Å². The van der Waals surface area contributed by atoms with Gasteiger partial charge in [0, 0.05) is 6.20 Å². The highest BCUT2D eigenvalue weighted by molar-refractivity contribution is 5.82. The van der Waals surface area contributed by atoms with Crippen molar-refractivity contribution >= 4 is 5.78 Å². The first-order valence-corrected chi connectivity index (χ1v) is 3.90. The first-order chi connectivity index (χ1) is 6.15. The van der Waals surface area contributed by atoms with Crippen LogP contribution in [0.15, 0.2) is 18.5 Å². The number of hydrogen-bond donors (Lipinski definition) is 1. The van der Waals surface area contributed by atoms with E-state index in [4.69, 9.17) is 10.5 Å². The van der Waals surface area contributed by atoms with Crippen molar-refractivity contribution in [2.75, 3.05) is 7.11 Å². The molecule has 13 heavy (non-hydrogen) atoms. The van der Waals surface area contributed by atoms with Crippen molar-refractivity contribution in [3.05, 3.63) is 24.0 Å². The fourth-order valence-electron chi connectivity index (χ4n) is 0.952. The molecule has 1 rings (SSSR count). The Morgan fingerprint density at radius 2 is 2.31 bits per heavy atom. The SMILES string of the molecule is COc1cncc(C(N)C(C)=O)c1. The van der Waals surface area contributed by atoms with E-state index in [1.54, 1.807) is 25.6 Å². The second kappa shape index (κ2) is 4.00. The molecule has 0 aliphatic rings. The number of Topliss-reactive ketones (excluding diaryl/α,β-unsaturated/α-hetero) is 1. The summed E-state index contributed by atoms with van der Waals surface area (Å²) in [5.41, 5.74) is 6.29. The van der Waals surface area contributed by atoms with Crippen LogP contribution in [-0.4, -0.2) is 17.9 Å². The number of hydrogen-bond acceptors (Lipinski definition) is 4. The van der Waals surface area contributed by atoms with Gasteiger partial charge in [-0.25, -0.2) is 0 Å². The number of ketones is 1. The number of ether oxygens (including phenoxy) is 1. The normalized spacial score (nSPS) is 12.2. The molecule has 1 aromatic heterocycles. The average molecular weight is 180 g/mol. The number of carbonyl (C=O) groups is 1. The lowest BCUT2D eigenvalue weighted by molar-refractivity contribution is -0.118. The molecule has 0 bridgehead atoms. The molecule has 0 spiro atoms. The molecule has 4 heteroatoms. The summed E-state index contributed by atoms with van der Waals surface area (Å²) < 4.78 is 4.96. The number of aromatic nitrogens is 1. The molecular weight excluding hydrogens is 168 g/mol. The summed E-state index contributed by atoms with van der Waals surface area (Å²) in [7, 11) is 1.54. The second-order valence-electron chi connectivity index (χ2n) is 2.75. The quantitative estimate of drug-likeness (QED) is 0.742. The molecule has 0 aromatic carbocycles. The predicted octanol–water partition coefficient (Wildman–Crippen LogP) is 0.679. The van der Waals surface area contributed by atoms with Crippen molar-refractivity contribution in [1.29, 1.82) is 0 Å². The highest BCUT2D eigenvalue weighted by Gasteiger charge is 2.11. The maximum atomic E-state index is 11.0. The van der Waals surface area contributed by atoms with Crippen LogP contribution in [0.1, 0.15) is 18.5 Å². The molecule has 1 aromatic rings. The summed E-state index contributed by atoms with van der Waals surface area (Å²) >= 11 is 0. The molecule has 1 unspecified atom stereocenters. The van der Waals surface area contributed by atoms with Gasteiger partial charge in [-0.2, -0.15) is 0 Å². The third kappa shape index (κ3) is 2.26. The van der Waals surface area contributed by atoms with E-state index in [1.165, 1.54) is 6.92 Å². The van der Waals surface area contributed by atoms with Crippen LogP contribution in [-0.2, 0) is 4.79 Å². The minimum absolute atomic E-state index is 0.0879. The van der Waals surface area contributed by atoms with Crippen LogP contribution in [0.25, 0.3) is 0 Å². The Morgan fingerprint density at radius 3 is 2.85 bits per heavy atom. The number of carbonyl (C=O) groups excluding carboxylic acids is 1. The van der Waals surface area contributed by atoms with Crippen LogP contribution in [0.5, 0.6) is 5.75 Å². The van der Waals surface area contributed by atoms with Crippen molar-refractivity contribution in [3.63, 3.8) is 0 Å². The lowest BCUT2D eigenvalue weighted by Gasteiger charge is -2.08. The maximum absolute atomic E-state index is 11.0. The van der Waals surface area contributed by atoms with Gasteiger partial charge in [-0.3, -0.25) is 9.78 Å². The van der Waals surface area contributed by atoms with Crippen LogP contribution in [0.2, 0.25) is 0 Å². The summed E-state index contributed by atoms with van der Waals surface area (Å²) in [6.07, 6.45) is 3.13. The Morgan fingerprint density at radius 1 is 1.62 bits per heavy atom. The van der Waals surface area contributed by atoms with E-state index < -0.39 is 6.04 Å². The van der Waals surface area contributed by atoms with Crippen LogP contribution in [0.4, 0.5) is 0 Å². The van der Waals surface area contributed by atoms with E-state index in [9.17, 15) is 4.79 Å². The summed E-state index contributed by atoms with van der Waals surface area (Å²) in [5, 5.41) is 0. The fraction of sp³-hybridized carbons (Fsp3) is 0.333. The van der Waals surface area contributed by atoms with E-state index in [0.717, 1.165) is 0 Å². The molecule has 0 amide bonds. The third-order valence-corrected chi connectivity index (χ3v) is 1.77. The smallest absolute Gasteiger partial charge is 0.151 e. The summed E-state index contributed by atoms with van der Waals surface area (Å²) in [4.78, 5) is 14.9. The van der Waals surface area contributed by atoms with E-state index in [-0.39, 0.29) is 5.78 Å². The van der Waals surface area contributed by atoms with Gasteiger partial charge < -0.3 is 10.5 Å². The average Bonchev–Trinajstić information content (AvgIpc) is 2.16. The highest BCUT2D eigenvalue weighted by atomic mass is 16.5. The minimum atomic E-state index is -0.609. The van der Waals surface area contributed by atoms with E-state index in [2.05, 4.69) is 4.98 Å². The first kappa shape index (κ1) is 9.67. The van der Waals surface area contributed by atoms with Crippen molar-refractivity contribution in [2.45, 2.75) is 13.0 Å². The summed E-state index contributed by atoms with van der Waals surface area (Å²) in [6, 6.07) is 1.10. The summed E-state index contributed by atoms with van der Waals surface area (Å²) in [6.45, 7) is 1.45. The number of rotatable bonds is 3. The Labute approximate surface area is 76.7 Å². The number of nitrogens with two attached hydrogens (primary N) is 1. The Bertz CT molecular complexity index is 312. The maximum Gasteiger partial charge on any atom is 0.151 e. The zero-order valence-electron chi connectivity index (χ0n) is 7.65. The molecule has 0 fully saturated rings. The van der Waals surface area contributed by atoms with Crippen molar-refractivity contribution in [1.82, 2.24) is 4.98 Å². The molecule has 0 saturated carbocycles. The van der Waals surface area contributed by atoms with Gasteiger partial charge >= 0.3 is 0 Å². The van der Waals surface area contributed by atoms with Gasteiger partial charge in [0.05, 0.1) is 19.3 Å². The topological polar surface area (TPSA) is 65.2 Å². The largest absolute Gasteiger partial charge is 0.495 e. The minimum Gasteiger partial charge on any atom is -0.495 e. The Kier molecular flexibility index (Phi) is 2.97. The number of nitrogens with zero attached hydrogens (tertiary/aromatic N) is 1. The van der Waals surface area contributed by atoms with Gasteiger partial charge in [-0.05, 0) is 18.6 Å². The number of methoxy groups -OCH3 is 1. The van der Waals surface area contributed by atoms with Crippen LogP contribution in [0, 0.1) is 0 Å². The molecule has 0 radical (unpaired) electrons. The molecule has 70 valence electrons. The van der Waals surface area contributed by atoms with Crippen LogP contribution >= 0.6 is 0 Å². The molecule has 2 N–H and O–H groups in total. The van der Waals surface area contributed by atoms with Gasteiger partial charge in [0.15, 0.2) is 5.78 Å². The molecule has 1 heterocycles. The predicted molar refractivity (Wildman–Crippen MR) is 48.4 cm³/mol.